The third kappa shape index (κ3) is 5.30. The second-order valence-corrected chi connectivity index (χ2v) is 5.89. The van der Waals surface area contributed by atoms with Crippen LogP contribution in [-0.2, 0) is 9.59 Å². The second kappa shape index (κ2) is 8.24. The van der Waals surface area contributed by atoms with E-state index in [0.29, 0.717) is 5.69 Å². The van der Waals surface area contributed by atoms with Gasteiger partial charge in [0, 0.05) is 24.7 Å². The van der Waals surface area contributed by atoms with Crippen LogP contribution in [0.2, 0.25) is 15.1 Å². The lowest BCUT2D eigenvalue weighted by Gasteiger charge is -2.10. The van der Waals surface area contributed by atoms with E-state index in [1.54, 1.807) is 18.2 Å². The lowest BCUT2D eigenvalue weighted by Crippen LogP contribution is -2.18. The summed E-state index contributed by atoms with van der Waals surface area (Å²) in [4.78, 5) is 22.9. The molecule has 126 valence electrons. The Bertz CT molecular complexity index is 780. The molecule has 0 fully saturated rings. The molecule has 0 heterocycles. The Balaban J connectivity index is 1.96. The van der Waals surface area contributed by atoms with Crippen LogP contribution in [0, 0.1) is 0 Å². The van der Waals surface area contributed by atoms with Gasteiger partial charge in [0.1, 0.15) is 11.5 Å². The molecular formula is C16H12Cl3NO4. The molecule has 0 bridgehead atoms. The largest absolute Gasteiger partial charge is 0.480 e. The fourth-order valence-corrected chi connectivity index (χ4v) is 2.34. The van der Waals surface area contributed by atoms with Crippen molar-refractivity contribution in [1.82, 2.24) is 0 Å². The maximum Gasteiger partial charge on any atom is 0.349 e. The van der Waals surface area contributed by atoms with E-state index in [-0.39, 0.29) is 39.1 Å². The van der Waals surface area contributed by atoms with Crippen molar-refractivity contribution in [2.45, 2.75) is 6.92 Å². The predicted octanol–water partition coefficient (Wildman–Crippen LogP) is 4.59. The van der Waals surface area contributed by atoms with E-state index in [1.807, 2.05) is 0 Å². The maximum atomic E-state index is 11.8. The molecule has 1 N–H and O–H groups in total. The van der Waals surface area contributed by atoms with Crippen molar-refractivity contribution in [3.8, 4) is 11.5 Å². The molecule has 8 heteroatoms. The summed E-state index contributed by atoms with van der Waals surface area (Å²) >= 11 is 17.6. The van der Waals surface area contributed by atoms with Crippen LogP contribution < -0.4 is 14.8 Å². The summed E-state index contributed by atoms with van der Waals surface area (Å²) in [6, 6.07) is 9.25. The fourth-order valence-electron chi connectivity index (χ4n) is 1.75. The van der Waals surface area contributed by atoms with Gasteiger partial charge < -0.3 is 14.8 Å². The Morgan fingerprint density at radius 1 is 1.04 bits per heavy atom. The summed E-state index contributed by atoms with van der Waals surface area (Å²) < 4.78 is 10.4. The van der Waals surface area contributed by atoms with Crippen LogP contribution in [0.1, 0.15) is 6.92 Å². The van der Waals surface area contributed by atoms with Gasteiger partial charge in [0.15, 0.2) is 6.61 Å². The topological polar surface area (TPSA) is 64.6 Å². The van der Waals surface area contributed by atoms with Gasteiger partial charge in [-0.3, -0.25) is 4.79 Å². The molecule has 0 unspecified atom stereocenters. The molecule has 0 spiro atoms. The zero-order valence-electron chi connectivity index (χ0n) is 12.4. The number of benzene rings is 2. The number of hydrogen-bond acceptors (Lipinski definition) is 4. The smallest absolute Gasteiger partial charge is 0.349 e. The lowest BCUT2D eigenvalue weighted by molar-refractivity contribution is -0.136. The first kappa shape index (κ1) is 18.4. The zero-order valence-corrected chi connectivity index (χ0v) is 14.7. The summed E-state index contributed by atoms with van der Waals surface area (Å²) in [5.74, 6) is -0.377. The van der Waals surface area contributed by atoms with Crippen LogP contribution in [0.5, 0.6) is 11.5 Å². The van der Waals surface area contributed by atoms with Gasteiger partial charge in [-0.2, -0.15) is 0 Å². The number of esters is 1. The van der Waals surface area contributed by atoms with Crippen molar-refractivity contribution < 1.29 is 19.1 Å². The summed E-state index contributed by atoms with van der Waals surface area (Å²) in [6.45, 7) is 1.01. The molecule has 0 aliphatic carbocycles. The minimum absolute atomic E-state index is 0.218. The first-order chi connectivity index (χ1) is 11.3. The van der Waals surface area contributed by atoms with Crippen LogP contribution in [0.3, 0.4) is 0 Å². The van der Waals surface area contributed by atoms with Crippen LogP contribution in [0.25, 0.3) is 0 Å². The van der Waals surface area contributed by atoms with Crippen LogP contribution >= 0.6 is 34.8 Å². The number of carbonyl (C=O) groups excluding carboxylic acids is 2. The highest BCUT2D eigenvalue weighted by molar-refractivity contribution is 6.43. The van der Waals surface area contributed by atoms with Crippen molar-refractivity contribution >= 4 is 52.4 Å². The van der Waals surface area contributed by atoms with Crippen LogP contribution in [-0.4, -0.2) is 18.5 Å². The number of nitrogens with one attached hydrogen (secondary N) is 1. The van der Waals surface area contributed by atoms with Gasteiger partial charge in [0.25, 0.3) is 0 Å². The Hall–Kier alpha value is -1.95. The highest BCUT2D eigenvalue weighted by atomic mass is 35.5. The molecule has 0 saturated carbocycles. The average Bonchev–Trinajstić information content (AvgIpc) is 2.49. The minimum Gasteiger partial charge on any atom is -0.480 e. The lowest BCUT2D eigenvalue weighted by atomic mass is 10.3. The number of ether oxygens (including phenoxy) is 2. The van der Waals surface area contributed by atoms with Crippen molar-refractivity contribution in [3.05, 3.63) is 51.5 Å². The molecule has 5 nitrogen and oxygen atoms in total. The quantitative estimate of drug-likeness (QED) is 0.462. The zero-order chi connectivity index (χ0) is 17.7. The van der Waals surface area contributed by atoms with E-state index in [0.717, 1.165) is 0 Å². The van der Waals surface area contributed by atoms with E-state index >= 15 is 0 Å². The van der Waals surface area contributed by atoms with Gasteiger partial charge in [-0.25, -0.2) is 4.79 Å². The first-order valence-electron chi connectivity index (χ1n) is 6.71. The average molecular weight is 389 g/mol. The van der Waals surface area contributed by atoms with Gasteiger partial charge in [-0.1, -0.05) is 40.9 Å². The first-order valence-corrected chi connectivity index (χ1v) is 7.84. The number of hydrogen-bond donors (Lipinski definition) is 1. The van der Waals surface area contributed by atoms with E-state index in [1.165, 1.54) is 25.1 Å². The molecule has 24 heavy (non-hydrogen) atoms. The van der Waals surface area contributed by atoms with E-state index in [4.69, 9.17) is 44.3 Å². The van der Waals surface area contributed by atoms with Crippen LogP contribution in [0.15, 0.2) is 36.4 Å². The number of rotatable bonds is 5. The van der Waals surface area contributed by atoms with E-state index in [2.05, 4.69) is 5.32 Å². The summed E-state index contributed by atoms with van der Waals surface area (Å²) in [5, 5.41) is 3.36. The molecule has 0 atom stereocenters. The molecule has 2 aromatic carbocycles. The Morgan fingerprint density at radius 3 is 2.46 bits per heavy atom. The Morgan fingerprint density at radius 2 is 1.75 bits per heavy atom. The summed E-state index contributed by atoms with van der Waals surface area (Å²) in [6.07, 6.45) is 0. The number of carbonyl (C=O) groups is 2. The van der Waals surface area contributed by atoms with Crippen molar-refractivity contribution in [2.24, 2.45) is 0 Å². The third-order valence-electron chi connectivity index (χ3n) is 2.71. The van der Waals surface area contributed by atoms with E-state index < -0.39 is 5.97 Å². The molecule has 2 rings (SSSR count). The molecule has 0 aromatic heterocycles. The third-order valence-corrected chi connectivity index (χ3v) is 3.72. The normalized spacial score (nSPS) is 10.2. The van der Waals surface area contributed by atoms with Gasteiger partial charge >= 0.3 is 5.97 Å². The number of anilines is 1. The number of halogens is 3. The van der Waals surface area contributed by atoms with Gasteiger partial charge in [0.2, 0.25) is 5.91 Å². The maximum absolute atomic E-state index is 11.8. The SMILES string of the molecule is CC(=O)Nc1cccc(OC(=O)COc2cc(Cl)c(Cl)cc2Cl)c1. The molecule has 0 radical (unpaired) electrons. The molecule has 2 aromatic rings. The van der Waals surface area contributed by atoms with Crippen molar-refractivity contribution in [2.75, 3.05) is 11.9 Å². The van der Waals surface area contributed by atoms with Gasteiger partial charge in [-0.15, -0.1) is 0 Å². The molecule has 0 aliphatic rings. The van der Waals surface area contributed by atoms with Gasteiger partial charge in [0.05, 0.1) is 15.1 Å². The van der Waals surface area contributed by atoms with Crippen LogP contribution in [0.4, 0.5) is 5.69 Å². The molecule has 0 aliphatic heterocycles. The Labute approximate surface area is 153 Å². The molecule has 1 amide bonds. The predicted molar refractivity (Wildman–Crippen MR) is 93.3 cm³/mol. The standard InChI is InChI=1S/C16H12Cl3NO4/c1-9(21)20-10-3-2-4-11(5-10)24-16(22)8-23-15-7-13(18)12(17)6-14(15)19/h2-7H,8H2,1H3,(H,20,21). The molecular weight excluding hydrogens is 377 g/mol. The second-order valence-electron chi connectivity index (χ2n) is 4.67. The number of amides is 1. The van der Waals surface area contributed by atoms with Crippen molar-refractivity contribution in [3.63, 3.8) is 0 Å². The summed E-state index contributed by atoms with van der Waals surface area (Å²) in [5.41, 5.74) is 0.515. The van der Waals surface area contributed by atoms with Gasteiger partial charge in [-0.05, 0) is 18.2 Å². The highest BCUT2D eigenvalue weighted by Crippen LogP contribution is 2.33. The molecule has 0 saturated heterocycles. The summed E-state index contributed by atoms with van der Waals surface area (Å²) in [7, 11) is 0. The Kier molecular flexibility index (Phi) is 6.31. The van der Waals surface area contributed by atoms with Crippen molar-refractivity contribution in [1.29, 1.82) is 0 Å². The minimum atomic E-state index is -0.642. The fraction of sp³-hybridized carbons (Fsp3) is 0.125. The highest BCUT2D eigenvalue weighted by Gasteiger charge is 2.11. The monoisotopic (exact) mass is 387 g/mol. The van der Waals surface area contributed by atoms with E-state index in [9.17, 15) is 9.59 Å².